The molecule has 0 saturated carbocycles. The topological polar surface area (TPSA) is 49.4 Å². The summed E-state index contributed by atoms with van der Waals surface area (Å²) in [4.78, 5) is 12.1. The first kappa shape index (κ1) is 15.8. The van der Waals surface area contributed by atoms with Crippen molar-refractivity contribution in [2.24, 2.45) is 0 Å². The first-order valence-electron chi connectivity index (χ1n) is 5.64. The zero-order chi connectivity index (χ0) is 13.5. The molecule has 1 heterocycles. The largest absolute Gasteiger partial charge is 1.00 e. The average Bonchev–Trinajstić information content (AvgIpc) is 2.40. The molecule has 0 aromatic heterocycles. The van der Waals surface area contributed by atoms with Gasteiger partial charge in [-0.05, 0) is 23.8 Å². The van der Waals surface area contributed by atoms with Crippen LogP contribution in [0.4, 0.5) is 0 Å². The summed E-state index contributed by atoms with van der Waals surface area (Å²) in [7, 11) is -4.13. The molecule has 1 atom stereocenters. The summed E-state index contributed by atoms with van der Waals surface area (Å²) in [6.45, 7) is 0. The Morgan fingerprint density at radius 1 is 1.10 bits per heavy atom. The standard InChI is InChI=1S/C14H10ClO3P.Na/c15-12-7-6-11-8-13(10-4-2-1-3-5-10)18-19(16,17)14(11)9-12;/h1-9H,(H,16,17);/q;+1/p-1. The zero-order valence-corrected chi connectivity index (χ0v) is 14.4. The summed E-state index contributed by atoms with van der Waals surface area (Å²) in [5.74, 6) is 0.328. The van der Waals surface area contributed by atoms with Crippen LogP contribution in [-0.2, 0) is 9.09 Å². The molecule has 1 unspecified atom stereocenters. The summed E-state index contributed by atoms with van der Waals surface area (Å²) in [6.07, 6.45) is 1.70. The maximum Gasteiger partial charge on any atom is 1.00 e. The van der Waals surface area contributed by atoms with Crippen LogP contribution in [0.2, 0.25) is 5.02 Å². The van der Waals surface area contributed by atoms with Crippen molar-refractivity contribution in [1.82, 2.24) is 0 Å². The molecule has 20 heavy (non-hydrogen) atoms. The van der Waals surface area contributed by atoms with Crippen molar-refractivity contribution < 1.29 is 43.5 Å². The molecular weight excluding hydrogens is 306 g/mol. The second-order valence-electron chi connectivity index (χ2n) is 4.17. The van der Waals surface area contributed by atoms with E-state index in [1.807, 2.05) is 18.2 Å². The van der Waals surface area contributed by atoms with Crippen molar-refractivity contribution in [1.29, 1.82) is 0 Å². The van der Waals surface area contributed by atoms with Crippen molar-refractivity contribution in [2.45, 2.75) is 0 Å². The second-order valence-corrected chi connectivity index (χ2v) is 6.26. The smallest absolute Gasteiger partial charge is 0.765 e. The predicted molar refractivity (Wildman–Crippen MR) is 74.1 cm³/mol. The Morgan fingerprint density at radius 3 is 2.50 bits per heavy atom. The quantitative estimate of drug-likeness (QED) is 0.552. The van der Waals surface area contributed by atoms with Gasteiger partial charge in [0.25, 0.3) is 0 Å². The molecule has 2 aromatic carbocycles. The third kappa shape index (κ3) is 3.04. The first-order valence-corrected chi connectivity index (χ1v) is 7.56. The van der Waals surface area contributed by atoms with Crippen molar-refractivity contribution in [3.8, 4) is 0 Å². The monoisotopic (exact) mass is 314 g/mol. The Labute approximate surface area is 144 Å². The van der Waals surface area contributed by atoms with Gasteiger partial charge in [-0.15, -0.1) is 0 Å². The van der Waals surface area contributed by atoms with E-state index in [0.29, 0.717) is 16.3 Å². The Balaban J connectivity index is 0.00000147. The fourth-order valence-corrected chi connectivity index (χ4v) is 3.48. The van der Waals surface area contributed by atoms with E-state index in [1.54, 1.807) is 30.3 Å². The fourth-order valence-electron chi connectivity index (χ4n) is 1.96. The summed E-state index contributed by atoms with van der Waals surface area (Å²) >= 11 is 5.82. The van der Waals surface area contributed by atoms with Gasteiger partial charge in [0.15, 0.2) is 0 Å². The summed E-state index contributed by atoms with van der Waals surface area (Å²) in [6, 6.07) is 13.8. The van der Waals surface area contributed by atoms with Crippen molar-refractivity contribution in [3.05, 3.63) is 64.7 Å². The maximum atomic E-state index is 12.1. The molecule has 0 saturated heterocycles. The molecule has 0 radical (unpaired) electrons. The Morgan fingerprint density at radius 2 is 1.80 bits per heavy atom. The summed E-state index contributed by atoms with van der Waals surface area (Å²) in [5, 5.41) is 0.495. The van der Waals surface area contributed by atoms with Gasteiger partial charge in [0.2, 0.25) is 7.60 Å². The Bertz CT molecular complexity index is 716. The van der Waals surface area contributed by atoms with Crippen LogP contribution in [0.15, 0.2) is 48.5 Å². The van der Waals surface area contributed by atoms with E-state index in [2.05, 4.69) is 0 Å². The van der Waals surface area contributed by atoms with Gasteiger partial charge in [-0.2, -0.15) is 0 Å². The molecule has 1 aliphatic rings. The first-order chi connectivity index (χ1) is 9.06. The van der Waals surface area contributed by atoms with Gasteiger partial charge in [-0.1, -0.05) is 48.0 Å². The van der Waals surface area contributed by atoms with Crippen LogP contribution in [0.5, 0.6) is 0 Å². The number of benzene rings is 2. The van der Waals surface area contributed by atoms with E-state index in [0.717, 1.165) is 5.56 Å². The molecule has 3 nitrogen and oxygen atoms in total. The van der Waals surface area contributed by atoms with Crippen LogP contribution >= 0.6 is 19.2 Å². The minimum atomic E-state index is -4.13. The number of halogens is 1. The summed E-state index contributed by atoms with van der Waals surface area (Å²) < 4.78 is 17.3. The second kappa shape index (κ2) is 6.07. The minimum Gasteiger partial charge on any atom is -0.765 e. The molecule has 0 amide bonds. The molecule has 96 valence electrons. The van der Waals surface area contributed by atoms with Crippen molar-refractivity contribution in [3.63, 3.8) is 0 Å². The van der Waals surface area contributed by atoms with E-state index >= 15 is 0 Å². The fraction of sp³-hybridized carbons (Fsp3) is 0. The van der Waals surface area contributed by atoms with Crippen LogP contribution < -0.4 is 39.8 Å². The van der Waals surface area contributed by atoms with E-state index < -0.39 is 7.60 Å². The minimum absolute atomic E-state index is 0. The number of hydrogen-bond donors (Lipinski definition) is 0. The normalized spacial score (nSPS) is 20.2. The van der Waals surface area contributed by atoms with Crippen LogP contribution in [0.3, 0.4) is 0 Å². The molecule has 0 fully saturated rings. The van der Waals surface area contributed by atoms with Gasteiger partial charge in [0, 0.05) is 15.9 Å². The number of hydrogen-bond acceptors (Lipinski definition) is 3. The van der Waals surface area contributed by atoms with Crippen LogP contribution in [-0.4, -0.2) is 0 Å². The van der Waals surface area contributed by atoms with Gasteiger partial charge in [-0.25, -0.2) is 0 Å². The molecule has 0 aliphatic carbocycles. The van der Waals surface area contributed by atoms with Gasteiger partial charge < -0.3 is 9.42 Å². The van der Waals surface area contributed by atoms with Crippen LogP contribution in [0.1, 0.15) is 11.1 Å². The molecule has 0 bridgehead atoms. The molecule has 6 heteroatoms. The van der Waals surface area contributed by atoms with Gasteiger partial charge in [0.05, 0.1) is 0 Å². The van der Waals surface area contributed by atoms with Crippen LogP contribution in [0.25, 0.3) is 11.8 Å². The molecule has 0 N–H and O–H groups in total. The van der Waals surface area contributed by atoms with E-state index in [-0.39, 0.29) is 34.9 Å². The third-order valence-electron chi connectivity index (χ3n) is 2.85. The molecule has 1 aliphatic heterocycles. The van der Waals surface area contributed by atoms with E-state index in [9.17, 15) is 9.46 Å². The molecule has 2 aromatic rings. The van der Waals surface area contributed by atoms with Gasteiger partial charge in [-0.3, -0.25) is 4.57 Å². The molecular formula is C14H9ClNaO3P. The number of rotatable bonds is 1. The molecule has 0 spiro atoms. The van der Waals surface area contributed by atoms with Crippen molar-refractivity contribution >= 4 is 36.3 Å². The summed E-state index contributed by atoms with van der Waals surface area (Å²) in [5.41, 5.74) is 1.31. The van der Waals surface area contributed by atoms with Gasteiger partial charge >= 0.3 is 29.6 Å². The number of fused-ring (bicyclic) bond motifs is 1. The average molecular weight is 315 g/mol. The SMILES string of the molecule is O=P1([O-])OC(c2ccccc2)=Cc2ccc(Cl)cc21.[Na+]. The van der Waals surface area contributed by atoms with E-state index in [4.69, 9.17) is 16.1 Å². The van der Waals surface area contributed by atoms with Gasteiger partial charge in [0.1, 0.15) is 5.76 Å². The van der Waals surface area contributed by atoms with E-state index in [1.165, 1.54) is 6.07 Å². The Hall–Kier alpha value is -0.540. The third-order valence-corrected chi connectivity index (χ3v) is 4.50. The molecule has 3 rings (SSSR count). The zero-order valence-electron chi connectivity index (χ0n) is 10.7. The maximum absolute atomic E-state index is 12.1. The van der Waals surface area contributed by atoms with Crippen LogP contribution in [0, 0.1) is 0 Å². The van der Waals surface area contributed by atoms with Crippen molar-refractivity contribution in [2.75, 3.05) is 0 Å². The Kier molecular flexibility index (Phi) is 4.80. The predicted octanol–water partition coefficient (Wildman–Crippen LogP) is 0.0510.